The summed E-state index contributed by atoms with van der Waals surface area (Å²) in [6.45, 7) is 7.92. The highest BCUT2D eigenvalue weighted by Gasteiger charge is 2.11. The molecule has 3 nitrogen and oxygen atoms in total. The Hall–Kier alpha value is -2.03. The van der Waals surface area contributed by atoms with Crippen molar-refractivity contribution in [1.82, 2.24) is 0 Å². The van der Waals surface area contributed by atoms with Crippen LogP contribution in [-0.2, 0) is 4.79 Å². The minimum absolute atomic E-state index is 0.0632. The van der Waals surface area contributed by atoms with Gasteiger partial charge in [0.2, 0.25) is 5.91 Å². The van der Waals surface area contributed by atoms with E-state index in [1.807, 2.05) is 26.8 Å². The molecule has 0 spiro atoms. The molecule has 0 saturated carbocycles. The lowest BCUT2D eigenvalue weighted by atomic mass is 10.0. The number of unbranched alkanes of at least 4 members (excludes halogenated alkanes) is 8. The second-order valence-corrected chi connectivity index (χ2v) is 8.37. The first-order valence-corrected chi connectivity index (χ1v) is 11.9. The van der Waals surface area contributed by atoms with Gasteiger partial charge < -0.3 is 10.4 Å². The van der Waals surface area contributed by atoms with Crippen molar-refractivity contribution in [2.75, 3.05) is 5.32 Å². The quantitative estimate of drug-likeness (QED) is 0.173. The van der Waals surface area contributed by atoms with Crippen LogP contribution in [0.1, 0.15) is 101 Å². The molecule has 2 N–H and O–H groups in total. The zero-order chi connectivity index (χ0) is 22.2. The second-order valence-electron chi connectivity index (χ2n) is 8.37. The average molecular weight is 414 g/mol. The van der Waals surface area contributed by atoms with E-state index in [-0.39, 0.29) is 5.91 Å². The molecule has 0 bridgehead atoms. The van der Waals surface area contributed by atoms with Gasteiger partial charge in [-0.05, 0) is 82.1 Å². The molecule has 30 heavy (non-hydrogen) atoms. The van der Waals surface area contributed by atoms with E-state index in [0.717, 1.165) is 48.1 Å². The predicted octanol–water partition coefficient (Wildman–Crippen LogP) is 8.07. The third-order valence-corrected chi connectivity index (χ3v) is 5.68. The molecular formula is C27H43NO2. The number of phenolic OH excluding ortho intramolecular Hbond substituents is 1. The molecule has 0 heterocycles. The molecule has 0 aromatic heterocycles. The lowest BCUT2D eigenvalue weighted by Crippen LogP contribution is -2.12. The molecule has 0 radical (unpaired) electrons. The molecule has 0 aliphatic carbocycles. The smallest absolute Gasteiger partial charge is 0.224 e. The van der Waals surface area contributed by atoms with Gasteiger partial charge in [0, 0.05) is 12.1 Å². The second kappa shape index (κ2) is 15.8. The number of hydrogen-bond acceptors (Lipinski definition) is 2. The van der Waals surface area contributed by atoms with Crippen LogP contribution in [-0.4, -0.2) is 11.0 Å². The summed E-state index contributed by atoms with van der Waals surface area (Å²) in [6.07, 6.45) is 22.8. The zero-order valence-electron chi connectivity index (χ0n) is 19.7. The van der Waals surface area contributed by atoms with Gasteiger partial charge in [-0.15, -0.1) is 0 Å². The maximum Gasteiger partial charge on any atom is 0.224 e. The average Bonchev–Trinajstić information content (AvgIpc) is 2.73. The highest BCUT2D eigenvalue weighted by atomic mass is 16.3. The van der Waals surface area contributed by atoms with E-state index in [4.69, 9.17) is 0 Å². The Labute approximate surface area is 184 Å². The molecule has 0 aliphatic heterocycles. The number of benzene rings is 1. The van der Waals surface area contributed by atoms with Crippen LogP contribution in [0.15, 0.2) is 30.4 Å². The van der Waals surface area contributed by atoms with E-state index in [1.54, 1.807) is 0 Å². The van der Waals surface area contributed by atoms with Gasteiger partial charge in [0.1, 0.15) is 5.75 Å². The van der Waals surface area contributed by atoms with Gasteiger partial charge in [0.05, 0.1) is 0 Å². The van der Waals surface area contributed by atoms with Crippen molar-refractivity contribution < 1.29 is 9.90 Å². The van der Waals surface area contributed by atoms with E-state index in [0.29, 0.717) is 12.2 Å². The minimum atomic E-state index is 0.0632. The number of nitrogens with one attached hydrogen (secondary N) is 1. The van der Waals surface area contributed by atoms with Gasteiger partial charge in [-0.3, -0.25) is 4.79 Å². The number of allylic oxidation sites excluding steroid dienone is 4. The highest BCUT2D eigenvalue weighted by molar-refractivity contribution is 5.92. The molecule has 0 unspecified atom stereocenters. The van der Waals surface area contributed by atoms with Gasteiger partial charge in [-0.1, -0.05) is 63.3 Å². The molecular weight excluding hydrogens is 370 g/mol. The number of amides is 1. The topological polar surface area (TPSA) is 49.3 Å². The first kappa shape index (κ1) is 26.0. The van der Waals surface area contributed by atoms with Crippen LogP contribution in [0.4, 0.5) is 5.69 Å². The van der Waals surface area contributed by atoms with Crippen LogP contribution in [0.5, 0.6) is 5.75 Å². The van der Waals surface area contributed by atoms with Gasteiger partial charge in [0.15, 0.2) is 0 Å². The Morgan fingerprint density at radius 1 is 0.867 bits per heavy atom. The van der Waals surface area contributed by atoms with Crippen molar-refractivity contribution in [3.63, 3.8) is 0 Å². The van der Waals surface area contributed by atoms with Crippen LogP contribution < -0.4 is 5.32 Å². The standard InChI is InChI=1S/C27H43NO2/c1-5-6-7-8-9-10-11-12-13-14-15-16-17-18-19-20-26(29)28-25-21-22(2)27(30)24(4)23(25)3/h9-10,12-13,21,30H,5-8,11,14-20H2,1-4H3,(H,28,29). The number of aromatic hydroxyl groups is 1. The largest absolute Gasteiger partial charge is 0.507 e. The Kier molecular flexibility index (Phi) is 13.7. The molecule has 168 valence electrons. The van der Waals surface area contributed by atoms with Crippen LogP contribution >= 0.6 is 0 Å². The predicted molar refractivity (Wildman–Crippen MR) is 130 cm³/mol. The molecule has 1 aromatic carbocycles. The van der Waals surface area contributed by atoms with Gasteiger partial charge in [-0.25, -0.2) is 0 Å². The van der Waals surface area contributed by atoms with E-state index < -0.39 is 0 Å². The normalized spacial score (nSPS) is 11.6. The van der Waals surface area contributed by atoms with Crippen LogP contribution in [0.25, 0.3) is 0 Å². The fourth-order valence-corrected chi connectivity index (χ4v) is 3.51. The summed E-state index contributed by atoms with van der Waals surface area (Å²) in [5, 5.41) is 13.0. The monoisotopic (exact) mass is 413 g/mol. The fraction of sp³-hybridized carbons (Fsp3) is 0.593. The lowest BCUT2D eigenvalue weighted by Gasteiger charge is -2.14. The van der Waals surface area contributed by atoms with Crippen molar-refractivity contribution in [3.8, 4) is 5.75 Å². The number of aryl methyl sites for hydroxylation is 1. The highest BCUT2D eigenvalue weighted by Crippen LogP contribution is 2.30. The molecule has 1 aromatic rings. The Balaban J connectivity index is 2.07. The fourth-order valence-electron chi connectivity index (χ4n) is 3.51. The summed E-state index contributed by atoms with van der Waals surface area (Å²) in [7, 11) is 0. The first-order valence-electron chi connectivity index (χ1n) is 11.9. The van der Waals surface area contributed by atoms with Crippen LogP contribution in [0.3, 0.4) is 0 Å². The Morgan fingerprint density at radius 2 is 1.47 bits per heavy atom. The lowest BCUT2D eigenvalue weighted by molar-refractivity contribution is -0.116. The summed E-state index contributed by atoms with van der Waals surface area (Å²) in [5.74, 6) is 0.382. The molecule has 1 rings (SSSR count). The number of rotatable bonds is 15. The summed E-state index contributed by atoms with van der Waals surface area (Å²) >= 11 is 0. The van der Waals surface area contributed by atoms with Crippen molar-refractivity contribution in [1.29, 1.82) is 0 Å². The van der Waals surface area contributed by atoms with E-state index in [1.165, 1.54) is 44.9 Å². The molecule has 0 atom stereocenters. The number of carbonyl (C=O) groups excluding carboxylic acids is 1. The summed E-state index contributed by atoms with van der Waals surface area (Å²) < 4.78 is 0. The molecule has 0 aliphatic rings. The Morgan fingerprint density at radius 3 is 2.13 bits per heavy atom. The van der Waals surface area contributed by atoms with Crippen LogP contribution in [0, 0.1) is 20.8 Å². The third-order valence-electron chi connectivity index (χ3n) is 5.68. The molecule has 1 amide bonds. The summed E-state index contributed by atoms with van der Waals surface area (Å²) in [4.78, 5) is 12.2. The third kappa shape index (κ3) is 10.7. The Bertz CT molecular complexity index is 689. The van der Waals surface area contributed by atoms with E-state index in [2.05, 4.69) is 36.5 Å². The number of hydrogen-bond donors (Lipinski definition) is 2. The summed E-state index contributed by atoms with van der Waals surface area (Å²) in [5.41, 5.74) is 3.38. The summed E-state index contributed by atoms with van der Waals surface area (Å²) in [6, 6.07) is 1.85. The van der Waals surface area contributed by atoms with Crippen molar-refractivity contribution in [2.24, 2.45) is 0 Å². The molecule has 0 saturated heterocycles. The number of anilines is 1. The van der Waals surface area contributed by atoms with E-state index in [9.17, 15) is 9.90 Å². The maximum atomic E-state index is 12.2. The number of carbonyl (C=O) groups is 1. The SMILES string of the molecule is CCCCCC=CCC=CCCCCCCCC(=O)Nc1cc(C)c(O)c(C)c1C. The molecule has 0 fully saturated rings. The van der Waals surface area contributed by atoms with E-state index >= 15 is 0 Å². The number of phenols is 1. The first-order chi connectivity index (χ1) is 14.5. The van der Waals surface area contributed by atoms with Gasteiger partial charge in [-0.2, -0.15) is 0 Å². The van der Waals surface area contributed by atoms with Crippen molar-refractivity contribution >= 4 is 11.6 Å². The van der Waals surface area contributed by atoms with Crippen molar-refractivity contribution in [2.45, 2.75) is 105 Å². The zero-order valence-corrected chi connectivity index (χ0v) is 19.7. The van der Waals surface area contributed by atoms with Crippen LogP contribution in [0.2, 0.25) is 0 Å². The minimum Gasteiger partial charge on any atom is -0.507 e. The van der Waals surface area contributed by atoms with Gasteiger partial charge in [0.25, 0.3) is 0 Å². The van der Waals surface area contributed by atoms with Gasteiger partial charge >= 0.3 is 0 Å². The molecule has 3 heteroatoms. The van der Waals surface area contributed by atoms with Crippen molar-refractivity contribution in [3.05, 3.63) is 47.1 Å². The maximum absolute atomic E-state index is 12.2.